The van der Waals surface area contributed by atoms with Gasteiger partial charge >= 0.3 is 5.97 Å². The summed E-state index contributed by atoms with van der Waals surface area (Å²) in [4.78, 5) is 23.9. The standard InChI is InChI=1S/C15H24FNO3/c16-12-7-5-6-11(10-12)13(18)17-15(14(19)20)8-3-1-2-4-9-15/h11-12H,1-10H2,(H,17,18)(H,19,20). The third kappa shape index (κ3) is 3.49. The van der Waals surface area contributed by atoms with Crippen molar-refractivity contribution in [3.63, 3.8) is 0 Å². The number of carbonyl (C=O) groups excluding carboxylic acids is 1. The van der Waals surface area contributed by atoms with E-state index in [0.29, 0.717) is 32.1 Å². The van der Waals surface area contributed by atoms with Crippen LogP contribution in [0.2, 0.25) is 0 Å². The number of halogens is 1. The molecule has 1 amide bonds. The summed E-state index contributed by atoms with van der Waals surface area (Å²) in [6, 6.07) is 0. The first kappa shape index (κ1) is 15.3. The molecule has 4 nitrogen and oxygen atoms in total. The SMILES string of the molecule is O=C(NC1(C(=O)O)CCCCCC1)C1CCCC(F)C1. The van der Waals surface area contributed by atoms with E-state index in [4.69, 9.17) is 0 Å². The lowest BCUT2D eigenvalue weighted by molar-refractivity contribution is -0.149. The quantitative estimate of drug-likeness (QED) is 0.784. The summed E-state index contributed by atoms with van der Waals surface area (Å²) in [5, 5.41) is 12.3. The van der Waals surface area contributed by atoms with Crippen LogP contribution in [0.25, 0.3) is 0 Å². The number of carboxylic acid groups (broad SMARTS) is 1. The summed E-state index contributed by atoms with van der Waals surface area (Å²) in [5.74, 6) is -1.57. The van der Waals surface area contributed by atoms with Crippen LogP contribution in [0.3, 0.4) is 0 Å². The molecule has 2 N–H and O–H groups in total. The molecule has 0 spiro atoms. The third-order valence-corrected chi connectivity index (χ3v) is 4.71. The minimum atomic E-state index is -1.13. The molecule has 0 bridgehead atoms. The van der Waals surface area contributed by atoms with Crippen LogP contribution < -0.4 is 5.32 Å². The summed E-state index contributed by atoms with van der Waals surface area (Å²) >= 11 is 0. The van der Waals surface area contributed by atoms with Gasteiger partial charge in [0.2, 0.25) is 5.91 Å². The first-order chi connectivity index (χ1) is 9.53. The summed E-state index contributed by atoms with van der Waals surface area (Å²) in [6.07, 6.45) is 5.86. The Kier molecular flexibility index (Phi) is 5.00. The molecule has 2 fully saturated rings. The Bertz CT molecular complexity index is 364. The fourth-order valence-corrected chi connectivity index (χ4v) is 3.43. The summed E-state index contributed by atoms with van der Waals surface area (Å²) in [5.41, 5.74) is -1.13. The van der Waals surface area contributed by atoms with Crippen LogP contribution in [0.15, 0.2) is 0 Å². The molecule has 0 aromatic carbocycles. The minimum absolute atomic E-state index is 0.238. The van der Waals surface area contributed by atoms with E-state index in [2.05, 4.69) is 5.32 Å². The van der Waals surface area contributed by atoms with Crippen LogP contribution in [0, 0.1) is 5.92 Å². The van der Waals surface area contributed by atoms with E-state index in [0.717, 1.165) is 25.7 Å². The van der Waals surface area contributed by atoms with Gasteiger partial charge in [0, 0.05) is 5.92 Å². The van der Waals surface area contributed by atoms with Crippen molar-refractivity contribution in [3.8, 4) is 0 Å². The second kappa shape index (κ2) is 6.55. The van der Waals surface area contributed by atoms with Crippen molar-refractivity contribution >= 4 is 11.9 Å². The molecule has 2 aliphatic carbocycles. The molecule has 0 aromatic heterocycles. The number of hydrogen-bond donors (Lipinski definition) is 2. The summed E-state index contributed by atoms with van der Waals surface area (Å²) < 4.78 is 13.4. The van der Waals surface area contributed by atoms with Crippen molar-refractivity contribution in [2.24, 2.45) is 5.92 Å². The van der Waals surface area contributed by atoms with Gasteiger partial charge < -0.3 is 10.4 Å². The number of alkyl halides is 1. The average molecular weight is 285 g/mol. The van der Waals surface area contributed by atoms with Crippen molar-refractivity contribution < 1.29 is 19.1 Å². The number of nitrogens with one attached hydrogen (secondary N) is 1. The maximum absolute atomic E-state index is 13.4. The second-order valence-corrected chi connectivity index (χ2v) is 6.25. The Morgan fingerprint density at radius 1 is 1.05 bits per heavy atom. The number of hydrogen-bond acceptors (Lipinski definition) is 2. The molecule has 2 saturated carbocycles. The van der Waals surface area contributed by atoms with Crippen molar-refractivity contribution in [2.45, 2.75) is 75.9 Å². The van der Waals surface area contributed by atoms with Crippen molar-refractivity contribution in [1.82, 2.24) is 5.32 Å². The molecular weight excluding hydrogens is 261 g/mol. The molecule has 0 aromatic rings. The zero-order chi connectivity index (χ0) is 14.6. The second-order valence-electron chi connectivity index (χ2n) is 6.25. The molecule has 0 heterocycles. The molecule has 2 rings (SSSR count). The van der Waals surface area contributed by atoms with E-state index >= 15 is 0 Å². The topological polar surface area (TPSA) is 66.4 Å². The molecule has 20 heavy (non-hydrogen) atoms. The molecule has 114 valence electrons. The lowest BCUT2D eigenvalue weighted by Crippen LogP contribution is -2.56. The minimum Gasteiger partial charge on any atom is -0.480 e. The van der Waals surface area contributed by atoms with Gasteiger partial charge in [-0.05, 0) is 38.5 Å². The summed E-state index contributed by atoms with van der Waals surface area (Å²) in [6.45, 7) is 0. The predicted molar refractivity (Wildman–Crippen MR) is 73.1 cm³/mol. The van der Waals surface area contributed by atoms with Gasteiger partial charge in [0.05, 0.1) is 0 Å². The van der Waals surface area contributed by atoms with Gasteiger partial charge in [0.25, 0.3) is 0 Å². The van der Waals surface area contributed by atoms with E-state index in [1.54, 1.807) is 0 Å². The van der Waals surface area contributed by atoms with E-state index in [9.17, 15) is 19.1 Å². The molecule has 2 unspecified atom stereocenters. The van der Waals surface area contributed by atoms with Crippen molar-refractivity contribution in [3.05, 3.63) is 0 Å². The number of rotatable bonds is 3. The van der Waals surface area contributed by atoms with E-state index in [1.807, 2.05) is 0 Å². The molecule has 0 saturated heterocycles. The largest absolute Gasteiger partial charge is 0.480 e. The van der Waals surface area contributed by atoms with Crippen molar-refractivity contribution in [1.29, 1.82) is 0 Å². The lowest BCUT2D eigenvalue weighted by atomic mass is 9.85. The highest BCUT2D eigenvalue weighted by Crippen LogP contribution is 2.31. The zero-order valence-corrected chi connectivity index (χ0v) is 11.9. The van der Waals surface area contributed by atoms with Crippen LogP contribution in [-0.4, -0.2) is 28.7 Å². The van der Waals surface area contributed by atoms with Crippen LogP contribution in [0.4, 0.5) is 4.39 Å². The van der Waals surface area contributed by atoms with Crippen molar-refractivity contribution in [2.75, 3.05) is 0 Å². The maximum Gasteiger partial charge on any atom is 0.329 e. The van der Waals surface area contributed by atoms with Crippen LogP contribution in [0.5, 0.6) is 0 Å². The van der Waals surface area contributed by atoms with Crippen LogP contribution in [0.1, 0.15) is 64.2 Å². The highest BCUT2D eigenvalue weighted by molar-refractivity contribution is 5.88. The summed E-state index contributed by atoms with van der Waals surface area (Å²) in [7, 11) is 0. The molecule has 2 atom stereocenters. The average Bonchev–Trinajstić information content (AvgIpc) is 2.65. The Balaban J connectivity index is 2.03. The Labute approximate surface area is 119 Å². The number of amides is 1. The monoisotopic (exact) mass is 285 g/mol. The Morgan fingerprint density at radius 2 is 1.70 bits per heavy atom. The lowest BCUT2D eigenvalue weighted by Gasteiger charge is -2.32. The zero-order valence-electron chi connectivity index (χ0n) is 11.9. The Hall–Kier alpha value is -1.13. The van der Waals surface area contributed by atoms with E-state index in [-0.39, 0.29) is 18.2 Å². The molecule has 0 aliphatic heterocycles. The number of aliphatic carboxylic acids is 1. The van der Waals surface area contributed by atoms with Gasteiger partial charge in [0.15, 0.2) is 0 Å². The third-order valence-electron chi connectivity index (χ3n) is 4.71. The van der Waals surface area contributed by atoms with Gasteiger partial charge in [-0.1, -0.05) is 25.7 Å². The fourth-order valence-electron chi connectivity index (χ4n) is 3.43. The molecular formula is C15H24FNO3. The molecule has 2 aliphatic rings. The maximum atomic E-state index is 13.4. The van der Waals surface area contributed by atoms with Gasteiger partial charge in [-0.15, -0.1) is 0 Å². The highest BCUT2D eigenvalue weighted by atomic mass is 19.1. The normalized spacial score (nSPS) is 30.2. The first-order valence-electron chi connectivity index (χ1n) is 7.73. The van der Waals surface area contributed by atoms with E-state index < -0.39 is 17.7 Å². The van der Waals surface area contributed by atoms with Gasteiger partial charge in [-0.25, -0.2) is 9.18 Å². The number of carboxylic acids is 1. The molecule has 5 heteroatoms. The predicted octanol–water partition coefficient (Wildman–Crippen LogP) is 2.81. The van der Waals surface area contributed by atoms with Gasteiger partial charge in [-0.2, -0.15) is 0 Å². The van der Waals surface area contributed by atoms with Gasteiger partial charge in [0.1, 0.15) is 11.7 Å². The first-order valence-corrected chi connectivity index (χ1v) is 7.73. The van der Waals surface area contributed by atoms with Crippen LogP contribution >= 0.6 is 0 Å². The Morgan fingerprint density at radius 3 is 2.25 bits per heavy atom. The smallest absolute Gasteiger partial charge is 0.329 e. The number of carbonyl (C=O) groups is 2. The van der Waals surface area contributed by atoms with Crippen LogP contribution in [-0.2, 0) is 9.59 Å². The van der Waals surface area contributed by atoms with E-state index in [1.165, 1.54) is 0 Å². The molecule has 0 radical (unpaired) electrons. The van der Waals surface area contributed by atoms with Gasteiger partial charge in [-0.3, -0.25) is 4.79 Å². The fraction of sp³-hybridized carbons (Fsp3) is 0.867. The highest BCUT2D eigenvalue weighted by Gasteiger charge is 2.41.